The largest absolute Gasteiger partial charge is 0.497 e. The summed E-state index contributed by atoms with van der Waals surface area (Å²) >= 11 is 0. The van der Waals surface area contributed by atoms with Crippen LogP contribution in [0.25, 0.3) is 0 Å². The molecule has 1 N–H and O–H groups in total. The lowest BCUT2D eigenvalue weighted by atomic mass is 9.67. The smallest absolute Gasteiger partial charge is 0.242 e. The number of pyridine rings is 1. The minimum absolute atomic E-state index is 0.0198. The maximum atomic E-state index is 13.1. The number of hydrogen-bond acceptors (Lipinski definition) is 7. The highest BCUT2D eigenvalue weighted by Gasteiger charge is 2.38. The number of benzene rings is 1. The van der Waals surface area contributed by atoms with E-state index in [0.29, 0.717) is 28.5 Å². The zero-order chi connectivity index (χ0) is 26.8. The van der Waals surface area contributed by atoms with Crippen molar-refractivity contribution < 1.29 is 17.9 Å². The van der Waals surface area contributed by atoms with Crippen LogP contribution in [0, 0.1) is 19.3 Å². The normalized spacial score (nSPS) is 19.4. The molecular weight excluding hydrogens is 490 g/mol. The van der Waals surface area contributed by atoms with Crippen molar-refractivity contribution in [1.82, 2.24) is 25.3 Å². The van der Waals surface area contributed by atoms with Crippen LogP contribution < -0.4 is 10.1 Å². The average molecular weight is 526 g/mol. The number of hydrogen-bond donors (Lipinski definition) is 1. The number of nitrogens with zero attached hydrogens (tertiary/aromatic N) is 4. The summed E-state index contributed by atoms with van der Waals surface area (Å²) in [7, 11) is -2.11. The Hall–Kier alpha value is -3.27. The molecule has 1 fully saturated rings. The Balaban J connectivity index is 1.37. The molecule has 0 spiro atoms. The first kappa shape index (κ1) is 26.8. The van der Waals surface area contributed by atoms with Gasteiger partial charge in [-0.2, -0.15) is 0 Å². The van der Waals surface area contributed by atoms with Crippen LogP contribution in [0.2, 0.25) is 0 Å². The second kappa shape index (κ2) is 10.6. The zero-order valence-electron chi connectivity index (χ0n) is 22.1. The first-order chi connectivity index (χ1) is 17.5. The second-order valence-corrected chi connectivity index (χ2v) is 12.6. The van der Waals surface area contributed by atoms with Crippen molar-refractivity contribution in [1.29, 1.82) is 0 Å². The van der Waals surface area contributed by atoms with Crippen LogP contribution in [0.15, 0.2) is 47.8 Å². The van der Waals surface area contributed by atoms with Gasteiger partial charge in [-0.15, -0.1) is 5.10 Å². The van der Waals surface area contributed by atoms with E-state index in [9.17, 15) is 13.2 Å². The maximum Gasteiger partial charge on any atom is 0.242 e. The Labute approximate surface area is 218 Å². The highest BCUT2D eigenvalue weighted by Crippen LogP contribution is 2.43. The third-order valence-corrected chi connectivity index (χ3v) is 9.18. The average Bonchev–Trinajstić information content (AvgIpc) is 3.25. The Morgan fingerprint density at radius 3 is 2.46 bits per heavy atom. The van der Waals surface area contributed by atoms with Crippen LogP contribution in [0.3, 0.4) is 0 Å². The van der Waals surface area contributed by atoms with E-state index in [0.717, 1.165) is 19.3 Å². The number of sulfone groups is 1. The van der Waals surface area contributed by atoms with Crippen molar-refractivity contribution in [3.63, 3.8) is 0 Å². The topological polar surface area (TPSA) is 116 Å². The predicted octanol–water partition coefficient (Wildman–Crippen LogP) is 3.75. The zero-order valence-corrected chi connectivity index (χ0v) is 22.9. The number of aromatic nitrogens is 4. The molecule has 1 aliphatic rings. The molecular formula is C27H35N5O4S. The number of nitrogens with one attached hydrogen (secondary N) is 1. The molecule has 1 aromatic carbocycles. The number of carbonyl (C=O) groups is 1. The Morgan fingerprint density at radius 1 is 1.16 bits per heavy atom. The van der Waals surface area contributed by atoms with E-state index in [1.165, 1.54) is 16.4 Å². The Morgan fingerprint density at radius 2 is 1.84 bits per heavy atom. The van der Waals surface area contributed by atoms with E-state index in [2.05, 4.69) is 46.6 Å². The molecule has 2 atom stereocenters. The monoisotopic (exact) mass is 525 g/mol. The third-order valence-electron chi connectivity index (χ3n) is 7.24. The molecule has 198 valence electrons. The molecule has 2 aromatic heterocycles. The SMILES string of the molecule is COc1cc(C)c(S(=O)(=O)Cc2cn(CC(=O)NC3CCC(c4ccncc4)CC3(C)C)nn2)c(C)c1. The van der Waals surface area contributed by atoms with Gasteiger partial charge < -0.3 is 10.1 Å². The van der Waals surface area contributed by atoms with E-state index in [1.54, 1.807) is 33.1 Å². The Kier molecular flexibility index (Phi) is 7.68. The molecule has 3 aromatic rings. The molecule has 1 saturated carbocycles. The fourth-order valence-corrected chi connectivity index (χ4v) is 7.25. The predicted molar refractivity (Wildman–Crippen MR) is 140 cm³/mol. The molecule has 0 aliphatic heterocycles. The number of aryl methyl sites for hydroxylation is 2. The third kappa shape index (κ3) is 6.18. The second-order valence-electron chi connectivity index (χ2n) is 10.6. The molecule has 2 unspecified atom stereocenters. The Bertz CT molecular complexity index is 1350. The maximum absolute atomic E-state index is 13.1. The van der Waals surface area contributed by atoms with Crippen LogP contribution in [-0.2, 0) is 26.9 Å². The molecule has 10 heteroatoms. The molecule has 0 bridgehead atoms. The standard InChI is InChI=1S/C27H35N5O4S/c1-18-12-23(36-5)13-19(2)26(18)37(34,35)17-22-15-32(31-30-22)16-25(33)29-24-7-6-21(14-27(24,3)4)20-8-10-28-11-9-20/h8-13,15,21,24H,6-7,14,16-17H2,1-5H3,(H,29,33). The van der Waals surface area contributed by atoms with E-state index < -0.39 is 9.84 Å². The van der Waals surface area contributed by atoms with Gasteiger partial charge >= 0.3 is 0 Å². The molecule has 1 aliphatic carbocycles. The summed E-state index contributed by atoms with van der Waals surface area (Å²) in [5, 5.41) is 11.2. The van der Waals surface area contributed by atoms with Gasteiger partial charge in [0.05, 0.1) is 23.9 Å². The summed E-state index contributed by atoms with van der Waals surface area (Å²) in [6.07, 6.45) is 8.02. The van der Waals surface area contributed by atoms with E-state index in [-0.39, 0.29) is 34.6 Å². The van der Waals surface area contributed by atoms with Crippen molar-refractivity contribution in [2.75, 3.05) is 7.11 Å². The van der Waals surface area contributed by atoms with Gasteiger partial charge in [0, 0.05) is 18.4 Å². The van der Waals surface area contributed by atoms with Gasteiger partial charge in [-0.1, -0.05) is 19.1 Å². The highest BCUT2D eigenvalue weighted by molar-refractivity contribution is 7.90. The van der Waals surface area contributed by atoms with Gasteiger partial charge in [0.2, 0.25) is 5.91 Å². The van der Waals surface area contributed by atoms with Crippen LogP contribution in [-0.4, -0.2) is 47.5 Å². The quantitative estimate of drug-likeness (QED) is 0.476. The molecule has 0 radical (unpaired) electrons. The van der Waals surface area contributed by atoms with Crippen LogP contribution in [0.1, 0.15) is 61.4 Å². The number of ether oxygens (including phenoxy) is 1. The summed E-state index contributed by atoms with van der Waals surface area (Å²) in [5.74, 6) is 0.597. The first-order valence-corrected chi connectivity index (χ1v) is 14.1. The summed E-state index contributed by atoms with van der Waals surface area (Å²) in [5.41, 5.74) is 2.74. The fourth-order valence-electron chi connectivity index (χ4n) is 5.48. The van der Waals surface area contributed by atoms with Gasteiger partial charge in [0.1, 0.15) is 18.0 Å². The number of methoxy groups -OCH3 is 1. The lowest BCUT2D eigenvalue weighted by molar-refractivity contribution is -0.123. The summed E-state index contributed by atoms with van der Waals surface area (Å²) in [6.45, 7) is 7.85. The molecule has 1 amide bonds. The van der Waals surface area contributed by atoms with Crippen molar-refractivity contribution in [3.8, 4) is 5.75 Å². The van der Waals surface area contributed by atoms with Gasteiger partial charge in [0.25, 0.3) is 0 Å². The molecule has 4 rings (SSSR count). The van der Waals surface area contributed by atoms with E-state index >= 15 is 0 Å². The minimum Gasteiger partial charge on any atom is -0.497 e. The van der Waals surface area contributed by atoms with Gasteiger partial charge in [0.15, 0.2) is 9.84 Å². The summed E-state index contributed by atoms with van der Waals surface area (Å²) < 4.78 is 32.9. The number of amides is 1. The van der Waals surface area contributed by atoms with Crippen LogP contribution in [0.5, 0.6) is 5.75 Å². The van der Waals surface area contributed by atoms with Gasteiger partial charge in [-0.25, -0.2) is 13.1 Å². The summed E-state index contributed by atoms with van der Waals surface area (Å²) in [4.78, 5) is 17.2. The minimum atomic E-state index is -3.66. The lowest BCUT2D eigenvalue weighted by Gasteiger charge is -2.43. The van der Waals surface area contributed by atoms with E-state index in [1.807, 2.05) is 12.4 Å². The fraction of sp³-hybridized carbons (Fsp3) is 0.481. The summed E-state index contributed by atoms with van der Waals surface area (Å²) in [6, 6.07) is 7.58. The number of carbonyl (C=O) groups excluding carboxylic acids is 1. The lowest BCUT2D eigenvalue weighted by Crippen LogP contribution is -2.49. The van der Waals surface area contributed by atoms with Crippen molar-refractivity contribution >= 4 is 15.7 Å². The number of rotatable bonds is 8. The van der Waals surface area contributed by atoms with Crippen molar-refractivity contribution in [2.24, 2.45) is 5.41 Å². The van der Waals surface area contributed by atoms with Crippen LogP contribution >= 0.6 is 0 Å². The van der Waals surface area contributed by atoms with Gasteiger partial charge in [-0.3, -0.25) is 9.78 Å². The molecule has 0 saturated heterocycles. The molecule has 37 heavy (non-hydrogen) atoms. The highest BCUT2D eigenvalue weighted by atomic mass is 32.2. The molecule has 9 nitrogen and oxygen atoms in total. The van der Waals surface area contributed by atoms with Crippen molar-refractivity contribution in [3.05, 3.63) is 65.2 Å². The first-order valence-electron chi connectivity index (χ1n) is 12.4. The van der Waals surface area contributed by atoms with Crippen LogP contribution in [0.4, 0.5) is 0 Å². The van der Waals surface area contributed by atoms with Crippen molar-refractivity contribution in [2.45, 2.75) is 76.1 Å². The van der Waals surface area contributed by atoms with Gasteiger partial charge in [-0.05, 0) is 85.4 Å². The van der Waals surface area contributed by atoms with E-state index in [4.69, 9.17) is 4.74 Å². The molecule has 2 heterocycles.